The summed E-state index contributed by atoms with van der Waals surface area (Å²) in [5.41, 5.74) is 2.41. The minimum atomic E-state index is -0.415. The molecule has 0 heterocycles. The number of carbonyl (C=O) groups excluding carboxylic acids is 2. The molecule has 0 unspecified atom stereocenters. The average Bonchev–Trinajstić information content (AvgIpc) is 2.42. The fourth-order valence-corrected chi connectivity index (χ4v) is 1.28. The lowest BCUT2D eigenvalue weighted by molar-refractivity contribution is 0.0931. The molecule has 1 amide bonds. The Bertz CT molecular complexity index is 395. The second kappa shape index (κ2) is 8.21. The zero-order chi connectivity index (χ0) is 13.2. The third-order valence-corrected chi connectivity index (χ3v) is 2.10. The Kier molecular flexibility index (Phi) is 6.45. The fourth-order valence-electron chi connectivity index (χ4n) is 1.28. The minimum absolute atomic E-state index is 0.242. The number of nitrogens with one attached hydrogen (secondary N) is 1. The van der Waals surface area contributed by atoms with Crippen molar-refractivity contribution in [3.05, 3.63) is 29.8 Å². The van der Waals surface area contributed by atoms with Gasteiger partial charge in [0.15, 0.2) is 0 Å². The monoisotopic (exact) mass is 251 g/mol. The second-order valence-corrected chi connectivity index (χ2v) is 3.32. The van der Waals surface area contributed by atoms with E-state index in [1.807, 2.05) is 5.43 Å². The number of nitrogens with two attached hydrogens (primary N) is 1. The summed E-state index contributed by atoms with van der Waals surface area (Å²) in [6.07, 6.45) is 1.97. The van der Waals surface area contributed by atoms with Crippen LogP contribution in [0.15, 0.2) is 24.3 Å². The number of amides is 1. The normalized spacial score (nSPS) is 9.83. The van der Waals surface area contributed by atoms with Gasteiger partial charge in [-0.3, -0.25) is 15.0 Å². The summed E-state index contributed by atoms with van der Waals surface area (Å²) in [6, 6.07) is 6.75. The summed E-state index contributed by atoms with van der Waals surface area (Å²) in [5.74, 6) is 5.09. The van der Waals surface area contributed by atoms with Gasteiger partial charge in [0.25, 0.3) is 5.91 Å². The number of hydrogen-bond donors (Lipinski definition) is 2. The number of benzene rings is 1. The SMILES string of the molecule is NNC(=O)c1ccccc1OCCOCC[C]=O. The third-order valence-electron chi connectivity index (χ3n) is 2.10. The summed E-state index contributed by atoms with van der Waals surface area (Å²) >= 11 is 0. The highest BCUT2D eigenvalue weighted by atomic mass is 16.5. The largest absolute Gasteiger partial charge is 0.490 e. The smallest absolute Gasteiger partial charge is 0.268 e. The maximum absolute atomic E-state index is 11.4. The molecule has 1 aromatic rings. The average molecular weight is 251 g/mol. The molecule has 0 aliphatic heterocycles. The van der Waals surface area contributed by atoms with E-state index in [4.69, 9.17) is 15.3 Å². The molecule has 6 heteroatoms. The molecule has 0 fully saturated rings. The van der Waals surface area contributed by atoms with E-state index in [-0.39, 0.29) is 13.0 Å². The zero-order valence-corrected chi connectivity index (χ0v) is 9.85. The van der Waals surface area contributed by atoms with Crippen molar-refractivity contribution in [3.63, 3.8) is 0 Å². The van der Waals surface area contributed by atoms with Crippen molar-refractivity contribution in [2.24, 2.45) is 5.84 Å². The van der Waals surface area contributed by atoms with Crippen molar-refractivity contribution in [2.75, 3.05) is 19.8 Å². The number of nitrogen functional groups attached to an aromatic ring is 1. The highest BCUT2D eigenvalue weighted by Gasteiger charge is 2.09. The fraction of sp³-hybridized carbons (Fsp3) is 0.333. The molecule has 0 aliphatic carbocycles. The molecule has 97 valence electrons. The summed E-state index contributed by atoms with van der Waals surface area (Å²) in [7, 11) is 0. The van der Waals surface area contributed by atoms with Gasteiger partial charge in [-0.05, 0) is 12.1 Å². The predicted molar refractivity (Wildman–Crippen MR) is 64.7 cm³/mol. The van der Waals surface area contributed by atoms with Gasteiger partial charge >= 0.3 is 0 Å². The highest BCUT2D eigenvalue weighted by Crippen LogP contribution is 2.17. The van der Waals surface area contributed by atoms with Crippen molar-refractivity contribution < 1.29 is 19.1 Å². The van der Waals surface area contributed by atoms with Crippen molar-refractivity contribution in [1.29, 1.82) is 0 Å². The van der Waals surface area contributed by atoms with Gasteiger partial charge in [-0.15, -0.1) is 0 Å². The van der Waals surface area contributed by atoms with Gasteiger partial charge in [-0.25, -0.2) is 5.84 Å². The van der Waals surface area contributed by atoms with Gasteiger partial charge in [0, 0.05) is 6.42 Å². The molecule has 0 atom stereocenters. The summed E-state index contributed by atoms with van der Waals surface area (Å²) in [6.45, 7) is 0.936. The standard InChI is InChI=1S/C12H15N2O4/c13-14-12(16)10-4-1-2-5-11(10)18-9-8-17-7-3-6-15/h1-2,4-5H,3,7-9,13H2,(H,14,16). The molecule has 0 bridgehead atoms. The van der Waals surface area contributed by atoms with E-state index in [9.17, 15) is 9.59 Å². The van der Waals surface area contributed by atoms with Gasteiger partial charge in [0.05, 0.1) is 18.8 Å². The third kappa shape index (κ3) is 4.52. The Hall–Kier alpha value is -1.92. The first-order valence-electron chi connectivity index (χ1n) is 5.45. The number of hydrazine groups is 1. The zero-order valence-electron chi connectivity index (χ0n) is 9.85. The van der Waals surface area contributed by atoms with Gasteiger partial charge in [-0.2, -0.15) is 0 Å². The quantitative estimate of drug-likeness (QED) is 0.298. The van der Waals surface area contributed by atoms with Crippen molar-refractivity contribution in [2.45, 2.75) is 6.42 Å². The van der Waals surface area contributed by atoms with E-state index in [0.29, 0.717) is 24.5 Å². The maximum atomic E-state index is 11.4. The van der Waals surface area contributed by atoms with E-state index in [2.05, 4.69) is 0 Å². The second-order valence-electron chi connectivity index (χ2n) is 3.32. The van der Waals surface area contributed by atoms with Crippen LogP contribution in [0.25, 0.3) is 0 Å². The van der Waals surface area contributed by atoms with Crippen LogP contribution in [0.5, 0.6) is 5.75 Å². The lowest BCUT2D eigenvalue weighted by atomic mass is 10.2. The molecular weight excluding hydrogens is 236 g/mol. The van der Waals surface area contributed by atoms with Crippen LogP contribution < -0.4 is 16.0 Å². The number of carbonyl (C=O) groups is 1. The first-order chi connectivity index (χ1) is 8.79. The lowest BCUT2D eigenvalue weighted by Crippen LogP contribution is -2.30. The van der Waals surface area contributed by atoms with Gasteiger partial charge < -0.3 is 9.47 Å². The van der Waals surface area contributed by atoms with Gasteiger partial charge in [-0.1, -0.05) is 12.1 Å². The van der Waals surface area contributed by atoms with Crippen molar-refractivity contribution in [1.82, 2.24) is 5.43 Å². The van der Waals surface area contributed by atoms with Crippen LogP contribution in [-0.2, 0) is 9.53 Å². The van der Waals surface area contributed by atoms with E-state index in [1.165, 1.54) is 0 Å². The molecule has 0 saturated carbocycles. The van der Waals surface area contributed by atoms with Crippen molar-refractivity contribution >= 4 is 12.2 Å². The molecule has 18 heavy (non-hydrogen) atoms. The number of ether oxygens (including phenoxy) is 2. The highest BCUT2D eigenvalue weighted by molar-refractivity contribution is 5.96. The molecular formula is C12H15N2O4. The lowest BCUT2D eigenvalue weighted by Gasteiger charge is -2.10. The summed E-state index contributed by atoms with van der Waals surface area (Å²) in [4.78, 5) is 21.3. The van der Waals surface area contributed by atoms with Gasteiger partial charge in [0.2, 0.25) is 6.29 Å². The van der Waals surface area contributed by atoms with Crippen molar-refractivity contribution in [3.8, 4) is 5.75 Å². The molecule has 0 saturated heterocycles. The minimum Gasteiger partial charge on any atom is -0.490 e. The number of rotatable bonds is 8. The Morgan fingerprint density at radius 2 is 2.06 bits per heavy atom. The molecule has 0 aromatic heterocycles. The first-order valence-corrected chi connectivity index (χ1v) is 5.45. The Morgan fingerprint density at radius 1 is 1.28 bits per heavy atom. The summed E-state index contributed by atoms with van der Waals surface area (Å²) < 4.78 is 10.5. The summed E-state index contributed by atoms with van der Waals surface area (Å²) in [5, 5.41) is 0. The van der Waals surface area contributed by atoms with Crippen LogP contribution in [0.4, 0.5) is 0 Å². The van der Waals surface area contributed by atoms with Crippen LogP contribution in [0.2, 0.25) is 0 Å². The van der Waals surface area contributed by atoms with Crippen LogP contribution in [-0.4, -0.2) is 32.0 Å². The van der Waals surface area contributed by atoms with E-state index < -0.39 is 5.91 Å². The molecule has 3 N–H and O–H groups in total. The number of hydrogen-bond acceptors (Lipinski definition) is 5. The van der Waals surface area contributed by atoms with Crippen LogP contribution in [0.3, 0.4) is 0 Å². The predicted octanol–water partition coefficient (Wildman–Crippen LogP) is 0.185. The molecule has 6 nitrogen and oxygen atoms in total. The van der Waals surface area contributed by atoms with Gasteiger partial charge in [0.1, 0.15) is 12.4 Å². The van der Waals surface area contributed by atoms with Crippen LogP contribution >= 0.6 is 0 Å². The Morgan fingerprint density at radius 3 is 2.78 bits per heavy atom. The maximum Gasteiger partial charge on any atom is 0.268 e. The topological polar surface area (TPSA) is 90.7 Å². The van der Waals surface area contributed by atoms with Crippen LogP contribution in [0, 0.1) is 0 Å². The number of para-hydroxylation sites is 1. The van der Waals surface area contributed by atoms with E-state index in [1.54, 1.807) is 30.6 Å². The Balaban J connectivity index is 2.42. The van der Waals surface area contributed by atoms with Crippen LogP contribution in [0.1, 0.15) is 16.8 Å². The van der Waals surface area contributed by atoms with E-state index >= 15 is 0 Å². The molecule has 1 radical (unpaired) electrons. The molecule has 0 aliphatic rings. The van der Waals surface area contributed by atoms with E-state index in [0.717, 1.165) is 0 Å². The molecule has 1 rings (SSSR count). The molecule has 0 spiro atoms. The molecule has 1 aromatic carbocycles. The Labute approximate surface area is 105 Å². The first kappa shape index (κ1) is 14.1.